The van der Waals surface area contributed by atoms with Gasteiger partial charge < -0.3 is 0 Å². The lowest BCUT2D eigenvalue weighted by molar-refractivity contribution is -0.114. The second kappa shape index (κ2) is 10.1. The molecule has 3 rings (SSSR count). The largest absolute Gasteiger partial charge is 0.299 e. The zero-order chi connectivity index (χ0) is 21.6. The number of carbonyl (C=O) groups excluding carboxylic acids is 1. The zero-order valence-corrected chi connectivity index (χ0v) is 18.8. The monoisotopic (exact) mass is 480 g/mol. The van der Waals surface area contributed by atoms with Gasteiger partial charge in [-0.15, -0.1) is 16.8 Å². The Morgan fingerprint density at radius 3 is 2.67 bits per heavy atom. The summed E-state index contributed by atoms with van der Waals surface area (Å²) >= 11 is 8.69. The van der Waals surface area contributed by atoms with Gasteiger partial charge in [0.15, 0.2) is 4.34 Å². The number of benzene rings is 2. The molecular weight excluding hydrogens is 464 g/mol. The third-order valence-electron chi connectivity index (χ3n) is 3.69. The number of sulfonamides is 1. The molecule has 3 aromatic rings. The van der Waals surface area contributed by atoms with Crippen molar-refractivity contribution in [3.8, 4) is 0 Å². The van der Waals surface area contributed by atoms with Crippen molar-refractivity contribution in [2.45, 2.75) is 9.24 Å². The quantitative estimate of drug-likeness (QED) is 0.279. The average molecular weight is 481 g/mol. The molecule has 1 aromatic heterocycles. The molecule has 30 heavy (non-hydrogen) atoms. The highest BCUT2D eigenvalue weighted by molar-refractivity contribution is 8.01. The SMILES string of the molecule is C=CCSc1nnc(NC(=O)CN(c2cccc(Cl)c2)S(=O)(=O)c2ccccc2)s1. The maximum absolute atomic E-state index is 13.2. The first kappa shape index (κ1) is 22.3. The van der Waals surface area contributed by atoms with E-state index in [0.29, 0.717) is 15.1 Å². The van der Waals surface area contributed by atoms with Crippen molar-refractivity contribution in [1.29, 1.82) is 0 Å². The fourth-order valence-electron chi connectivity index (χ4n) is 2.40. The molecule has 0 fully saturated rings. The fourth-order valence-corrected chi connectivity index (χ4v) is 5.55. The summed E-state index contributed by atoms with van der Waals surface area (Å²) in [5, 5.41) is 11.1. The molecule has 0 unspecified atom stereocenters. The molecule has 1 N–H and O–H groups in total. The highest BCUT2D eigenvalue weighted by Gasteiger charge is 2.27. The number of hydrogen-bond donors (Lipinski definition) is 1. The van der Waals surface area contributed by atoms with E-state index in [9.17, 15) is 13.2 Å². The van der Waals surface area contributed by atoms with Crippen LogP contribution in [0.5, 0.6) is 0 Å². The van der Waals surface area contributed by atoms with Crippen LogP contribution in [0.4, 0.5) is 10.8 Å². The van der Waals surface area contributed by atoms with Gasteiger partial charge in [0, 0.05) is 10.8 Å². The molecule has 7 nitrogen and oxygen atoms in total. The molecule has 0 aliphatic carbocycles. The third kappa shape index (κ3) is 5.60. The number of halogens is 1. The van der Waals surface area contributed by atoms with Gasteiger partial charge in [0.1, 0.15) is 6.54 Å². The normalized spacial score (nSPS) is 11.1. The van der Waals surface area contributed by atoms with E-state index >= 15 is 0 Å². The van der Waals surface area contributed by atoms with Crippen molar-refractivity contribution in [3.63, 3.8) is 0 Å². The van der Waals surface area contributed by atoms with Crippen LogP contribution in [-0.2, 0) is 14.8 Å². The van der Waals surface area contributed by atoms with Crippen LogP contribution in [0.2, 0.25) is 5.02 Å². The number of nitrogens with one attached hydrogen (secondary N) is 1. The van der Waals surface area contributed by atoms with Gasteiger partial charge in [-0.2, -0.15) is 0 Å². The van der Waals surface area contributed by atoms with E-state index in [2.05, 4.69) is 22.1 Å². The van der Waals surface area contributed by atoms with E-state index in [1.807, 2.05) is 0 Å². The minimum atomic E-state index is -4.00. The van der Waals surface area contributed by atoms with Crippen molar-refractivity contribution in [1.82, 2.24) is 10.2 Å². The lowest BCUT2D eigenvalue weighted by Gasteiger charge is -2.24. The van der Waals surface area contributed by atoms with Crippen molar-refractivity contribution in [2.24, 2.45) is 0 Å². The molecule has 11 heteroatoms. The topological polar surface area (TPSA) is 92.3 Å². The smallest absolute Gasteiger partial charge is 0.264 e. The second-order valence-corrected chi connectivity index (χ2v) is 10.4. The summed E-state index contributed by atoms with van der Waals surface area (Å²) in [5.74, 6) is 0.117. The summed E-state index contributed by atoms with van der Waals surface area (Å²) in [6, 6.07) is 14.2. The molecule has 156 valence electrons. The number of aromatic nitrogens is 2. The molecule has 0 spiro atoms. The lowest BCUT2D eigenvalue weighted by atomic mass is 10.3. The maximum atomic E-state index is 13.2. The van der Waals surface area contributed by atoms with Crippen LogP contribution in [-0.4, -0.2) is 36.8 Å². The van der Waals surface area contributed by atoms with Crippen molar-refractivity contribution >= 4 is 61.4 Å². The Kier molecular flexibility index (Phi) is 7.48. The number of rotatable bonds is 9. The highest BCUT2D eigenvalue weighted by Crippen LogP contribution is 2.27. The van der Waals surface area contributed by atoms with Gasteiger partial charge in [-0.05, 0) is 30.3 Å². The van der Waals surface area contributed by atoms with Gasteiger partial charge in [-0.25, -0.2) is 8.42 Å². The fraction of sp³-hybridized carbons (Fsp3) is 0.105. The molecule has 1 amide bonds. The standard InChI is InChI=1S/C19H17ClN4O3S3/c1-2-11-28-19-23-22-18(29-19)21-17(25)13-24(15-8-6-7-14(20)12-15)30(26,27)16-9-4-3-5-10-16/h2-10,12H,1,11,13H2,(H,21,22,25). The van der Waals surface area contributed by atoms with E-state index in [1.165, 1.54) is 41.3 Å². The molecule has 0 saturated carbocycles. The molecule has 2 aromatic carbocycles. The van der Waals surface area contributed by atoms with Crippen LogP contribution in [0.3, 0.4) is 0 Å². The van der Waals surface area contributed by atoms with Gasteiger partial charge in [0.25, 0.3) is 10.0 Å². The van der Waals surface area contributed by atoms with Crippen molar-refractivity contribution in [3.05, 3.63) is 72.3 Å². The molecule has 0 bridgehead atoms. The summed E-state index contributed by atoms with van der Waals surface area (Å²) in [6.07, 6.45) is 1.74. The van der Waals surface area contributed by atoms with Gasteiger partial charge in [-0.1, -0.05) is 65.0 Å². The third-order valence-corrected chi connectivity index (χ3v) is 7.68. The number of nitrogens with zero attached hydrogens (tertiary/aromatic N) is 3. The van der Waals surface area contributed by atoms with Crippen LogP contribution in [0.1, 0.15) is 0 Å². The minimum absolute atomic E-state index is 0.0665. The number of amides is 1. The van der Waals surface area contributed by atoms with Crippen LogP contribution in [0, 0.1) is 0 Å². The average Bonchev–Trinajstić information content (AvgIpc) is 3.18. The molecule has 0 aliphatic heterocycles. The van der Waals surface area contributed by atoms with E-state index in [4.69, 9.17) is 11.6 Å². The Morgan fingerprint density at radius 1 is 1.20 bits per heavy atom. The molecular formula is C19H17ClN4O3S3. The first-order valence-corrected chi connectivity index (χ1v) is 12.2. The maximum Gasteiger partial charge on any atom is 0.264 e. The molecule has 0 aliphatic rings. The summed E-state index contributed by atoms with van der Waals surface area (Å²) in [6.45, 7) is 3.19. The van der Waals surface area contributed by atoms with E-state index in [1.54, 1.807) is 42.5 Å². The van der Waals surface area contributed by atoms with E-state index in [-0.39, 0.29) is 15.7 Å². The van der Waals surface area contributed by atoms with E-state index in [0.717, 1.165) is 4.31 Å². The predicted molar refractivity (Wildman–Crippen MR) is 122 cm³/mol. The Bertz CT molecular complexity index is 1140. The molecule has 0 saturated heterocycles. The molecule has 0 radical (unpaired) electrons. The van der Waals surface area contributed by atoms with Gasteiger partial charge >= 0.3 is 0 Å². The van der Waals surface area contributed by atoms with Crippen LogP contribution >= 0.6 is 34.7 Å². The van der Waals surface area contributed by atoms with Gasteiger partial charge in [0.2, 0.25) is 11.0 Å². The summed E-state index contributed by atoms with van der Waals surface area (Å²) in [4.78, 5) is 12.7. The summed E-state index contributed by atoms with van der Waals surface area (Å²) in [5.41, 5.74) is 0.279. The Hall–Kier alpha value is -2.40. The summed E-state index contributed by atoms with van der Waals surface area (Å²) in [7, 11) is -4.00. The van der Waals surface area contributed by atoms with Crippen molar-refractivity contribution in [2.75, 3.05) is 21.9 Å². The van der Waals surface area contributed by atoms with Crippen LogP contribution in [0.25, 0.3) is 0 Å². The molecule has 0 atom stereocenters. The first-order valence-electron chi connectivity index (χ1n) is 8.60. The van der Waals surface area contributed by atoms with Gasteiger partial charge in [0.05, 0.1) is 10.6 Å². The van der Waals surface area contributed by atoms with E-state index < -0.39 is 22.5 Å². The molecule has 1 heterocycles. The number of anilines is 2. The number of thioether (sulfide) groups is 1. The summed E-state index contributed by atoms with van der Waals surface area (Å²) < 4.78 is 28.1. The first-order chi connectivity index (χ1) is 14.4. The lowest BCUT2D eigenvalue weighted by Crippen LogP contribution is -2.38. The van der Waals surface area contributed by atoms with Gasteiger partial charge in [-0.3, -0.25) is 14.4 Å². The Morgan fingerprint density at radius 2 is 1.97 bits per heavy atom. The second-order valence-electron chi connectivity index (χ2n) is 5.83. The number of carbonyl (C=O) groups is 1. The Balaban J connectivity index is 1.85. The predicted octanol–water partition coefficient (Wildman–Crippen LogP) is 4.30. The van der Waals surface area contributed by atoms with Crippen LogP contribution in [0.15, 0.2) is 76.5 Å². The highest BCUT2D eigenvalue weighted by atomic mass is 35.5. The minimum Gasteiger partial charge on any atom is -0.299 e. The van der Waals surface area contributed by atoms with Crippen LogP contribution < -0.4 is 9.62 Å². The number of hydrogen-bond acceptors (Lipinski definition) is 7. The Labute approximate surface area is 187 Å². The zero-order valence-electron chi connectivity index (χ0n) is 15.6. The van der Waals surface area contributed by atoms with Crippen molar-refractivity contribution < 1.29 is 13.2 Å².